The highest BCUT2D eigenvalue weighted by Gasteiger charge is 2.22. The first-order valence-corrected chi connectivity index (χ1v) is 8.27. The van der Waals surface area contributed by atoms with Crippen LogP contribution in [0.1, 0.15) is 67.2 Å². The Morgan fingerprint density at radius 3 is 2.90 bits per heavy atom. The summed E-state index contributed by atoms with van der Waals surface area (Å²) in [5.41, 5.74) is 0.423. The maximum absolute atomic E-state index is 12.1. The van der Waals surface area contributed by atoms with Crippen LogP contribution >= 0.6 is 0 Å². The molecule has 116 valence electrons. The molecule has 1 atom stereocenters. The Balaban J connectivity index is 1.51. The molecule has 0 aromatic carbocycles. The summed E-state index contributed by atoms with van der Waals surface area (Å²) in [6.45, 7) is 2.72. The Hall–Kier alpha value is -1.36. The molecule has 2 fully saturated rings. The number of amides is 1. The number of nitrogens with zero attached hydrogens (tertiary/aromatic N) is 1. The minimum atomic E-state index is -0.0978. The lowest BCUT2D eigenvalue weighted by molar-refractivity contribution is 0.0938. The first kappa shape index (κ1) is 14.6. The number of carbonyl (C=O) groups excluding carboxylic acids is 1. The summed E-state index contributed by atoms with van der Waals surface area (Å²) in [4.78, 5) is 16.5. The lowest BCUT2D eigenvalue weighted by Gasteiger charge is -2.21. The highest BCUT2D eigenvalue weighted by Crippen LogP contribution is 2.24. The topological polar surface area (TPSA) is 67.2 Å². The summed E-state index contributed by atoms with van der Waals surface area (Å²) in [7, 11) is 0. The predicted octanol–water partition coefficient (Wildman–Crippen LogP) is 2.45. The predicted molar refractivity (Wildman–Crippen MR) is 80.3 cm³/mol. The van der Waals surface area contributed by atoms with Gasteiger partial charge in [0, 0.05) is 19.0 Å². The van der Waals surface area contributed by atoms with Crippen LogP contribution in [0.3, 0.4) is 0 Å². The Morgan fingerprint density at radius 1 is 1.29 bits per heavy atom. The average Bonchev–Trinajstić information content (AvgIpc) is 3.04. The van der Waals surface area contributed by atoms with Crippen molar-refractivity contribution in [2.75, 3.05) is 19.6 Å². The minimum absolute atomic E-state index is 0.0978. The summed E-state index contributed by atoms with van der Waals surface area (Å²) in [6, 6.07) is 0. The Morgan fingerprint density at radius 2 is 2.14 bits per heavy atom. The molecule has 1 unspecified atom stereocenters. The molecule has 1 saturated heterocycles. The zero-order valence-electron chi connectivity index (χ0n) is 12.6. The molecule has 1 aromatic rings. The van der Waals surface area contributed by atoms with E-state index in [4.69, 9.17) is 4.42 Å². The molecule has 0 spiro atoms. The van der Waals surface area contributed by atoms with Crippen LogP contribution in [0.25, 0.3) is 0 Å². The van der Waals surface area contributed by atoms with Gasteiger partial charge < -0.3 is 15.1 Å². The van der Waals surface area contributed by atoms with Gasteiger partial charge >= 0.3 is 0 Å². The maximum atomic E-state index is 12.1. The third kappa shape index (κ3) is 3.84. The molecule has 0 bridgehead atoms. The number of hydrogen-bond donors (Lipinski definition) is 2. The average molecular weight is 291 g/mol. The van der Waals surface area contributed by atoms with E-state index in [1.807, 2.05) is 0 Å². The van der Waals surface area contributed by atoms with E-state index < -0.39 is 0 Å². The van der Waals surface area contributed by atoms with E-state index in [9.17, 15) is 4.79 Å². The SMILES string of the molecule is O=C(NCC1CCCCC1)c1coc(C2CCCNC2)n1. The molecule has 1 aliphatic heterocycles. The van der Waals surface area contributed by atoms with Crippen LogP contribution in [0.15, 0.2) is 10.7 Å². The van der Waals surface area contributed by atoms with Crippen LogP contribution in [0.2, 0.25) is 0 Å². The zero-order chi connectivity index (χ0) is 14.5. The second-order valence-corrected chi connectivity index (χ2v) is 6.33. The van der Waals surface area contributed by atoms with E-state index in [-0.39, 0.29) is 5.91 Å². The van der Waals surface area contributed by atoms with Crippen molar-refractivity contribution in [2.45, 2.75) is 50.9 Å². The van der Waals surface area contributed by atoms with Crippen molar-refractivity contribution in [3.63, 3.8) is 0 Å². The molecular formula is C16H25N3O2. The van der Waals surface area contributed by atoms with Gasteiger partial charge in [-0.3, -0.25) is 4.79 Å². The molecule has 1 aliphatic carbocycles. The second kappa shape index (κ2) is 7.07. The van der Waals surface area contributed by atoms with Crippen molar-refractivity contribution in [1.82, 2.24) is 15.6 Å². The fourth-order valence-corrected chi connectivity index (χ4v) is 3.36. The van der Waals surface area contributed by atoms with Gasteiger partial charge in [0.2, 0.25) is 0 Å². The van der Waals surface area contributed by atoms with Crippen LogP contribution < -0.4 is 10.6 Å². The first-order chi connectivity index (χ1) is 10.3. The second-order valence-electron chi connectivity index (χ2n) is 6.33. The van der Waals surface area contributed by atoms with Crippen molar-refractivity contribution >= 4 is 5.91 Å². The number of oxazole rings is 1. The fourth-order valence-electron chi connectivity index (χ4n) is 3.36. The van der Waals surface area contributed by atoms with Crippen LogP contribution in [0, 0.1) is 5.92 Å². The molecule has 2 N–H and O–H groups in total. The van der Waals surface area contributed by atoms with Gasteiger partial charge in [-0.05, 0) is 38.1 Å². The summed E-state index contributed by atoms with van der Waals surface area (Å²) >= 11 is 0. The van der Waals surface area contributed by atoms with E-state index in [1.165, 1.54) is 38.4 Å². The number of nitrogens with one attached hydrogen (secondary N) is 2. The molecule has 2 aliphatic rings. The standard InChI is InChI=1S/C16H25N3O2/c20-15(18-9-12-5-2-1-3-6-12)14-11-21-16(19-14)13-7-4-8-17-10-13/h11-13,17H,1-10H2,(H,18,20). The normalized spacial score (nSPS) is 23.9. The van der Waals surface area contributed by atoms with E-state index in [0.717, 1.165) is 32.5 Å². The molecule has 0 radical (unpaired) electrons. The lowest BCUT2D eigenvalue weighted by atomic mass is 9.89. The molecule has 2 heterocycles. The monoisotopic (exact) mass is 291 g/mol. The van der Waals surface area contributed by atoms with E-state index >= 15 is 0 Å². The molecule has 5 nitrogen and oxygen atoms in total. The van der Waals surface area contributed by atoms with Gasteiger partial charge in [0.1, 0.15) is 6.26 Å². The van der Waals surface area contributed by atoms with Gasteiger partial charge in [-0.2, -0.15) is 0 Å². The number of piperidine rings is 1. The molecule has 21 heavy (non-hydrogen) atoms. The molecule has 5 heteroatoms. The summed E-state index contributed by atoms with van der Waals surface area (Å²) in [5.74, 6) is 1.54. The summed E-state index contributed by atoms with van der Waals surface area (Å²) < 4.78 is 5.51. The highest BCUT2D eigenvalue weighted by atomic mass is 16.3. The fraction of sp³-hybridized carbons (Fsp3) is 0.750. The van der Waals surface area contributed by atoms with Crippen LogP contribution in [0.4, 0.5) is 0 Å². The molecule has 1 aromatic heterocycles. The van der Waals surface area contributed by atoms with Crippen LogP contribution in [0.5, 0.6) is 0 Å². The smallest absolute Gasteiger partial charge is 0.273 e. The number of rotatable bonds is 4. The van der Waals surface area contributed by atoms with Gasteiger partial charge in [-0.1, -0.05) is 19.3 Å². The van der Waals surface area contributed by atoms with Crippen molar-refractivity contribution in [1.29, 1.82) is 0 Å². The van der Waals surface area contributed by atoms with Gasteiger partial charge in [0.15, 0.2) is 11.6 Å². The Bertz CT molecular complexity index is 460. The lowest BCUT2D eigenvalue weighted by Crippen LogP contribution is -2.31. The van der Waals surface area contributed by atoms with Crippen molar-refractivity contribution in [3.05, 3.63) is 17.8 Å². The van der Waals surface area contributed by atoms with Crippen molar-refractivity contribution < 1.29 is 9.21 Å². The summed E-state index contributed by atoms with van der Waals surface area (Å²) in [6.07, 6.45) is 10.1. The van der Waals surface area contributed by atoms with Gasteiger partial charge in [0.25, 0.3) is 5.91 Å². The molecular weight excluding hydrogens is 266 g/mol. The van der Waals surface area contributed by atoms with Crippen LogP contribution in [-0.4, -0.2) is 30.5 Å². The number of hydrogen-bond acceptors (Lipinski definition) is 4. The third-order valence-electron chi connectivity index (χ3n) is 4.68. The van der Waals surface area contributed by atoms with Crippen LogP contribution in [-0.2, 0) is 0 Å². The largest absolute Gasteiger partial charge is 0.448 e. The quantitative estimate of drug-likeness (QED) is 0.894. The van der Waals surface area contributed by atoms with E-state index in [1.54, 1.807) is 0 Å². The third-order valence-corrected chi connectivity index (χ3v) is 4.68. The molecule has 1 saturated carbocycles. The molecule has 3 rings (SSSR count). The van der Waals surface area contributed by atoms with E-state index in [2.05, 4.69) is 15.6 Å². The van der Waals surface area contributed by atoms with E-state index in [0.29, 0.717) is 23.4 Å². The maximum Gasteiger partial charge on any atom is 0.273 e. The zero-order valence-corrected chi connectivity index (χ0v) is 12.6. The van der Waals surface area contributed by atoms with Gasteiger partial charge in [0.05, 0.1) is 0 Å². The molecule has 1 amide bonds. The van der Waals surface area contributed by atoms with Gasteiger partial charge in [-0.25, -0.2) is 4.98 Å². The number of aromatic nitrogens is 1. The summed E-state index contributed by atoms with van der Waals surface area (Å²) in [5, 5.41) is 6.35. The van der Waals surface area contributed by atoms with Crippen molar-refractivity contribution in [3.8, 4) is 0 Å². The highest BCUT2D eigenvalue weighted by molar-refractivity contribution is 5.91. The first-order valence-electron chi connectivity index (χ1n) is 8.27. The Labute approximate surface area is 125 Å². The van der Waals surface area contributed by atoms with Crippen molar-refractivity contribution in [2.24, 2.45) is 5.92 Å². The minimum Gasteiger partial charge on any atom is -0.448 e. The van der Waals surface area contributed by atoms with Gasteiger partial charge in [-0.15, -0.1) is 0 Å². The number of carbonyl (C=O) groups is 1. The Kier molecular flexibility index (Phi) is 4.91.